The van der Waals surface area contributed by atoms with E-state index in [1.165, 1.54) is 7.05 Å². The van der Waals surface area contributed by atoms with E-state index in [4.69, 9.17) is 11.6 Å². The van der Waals surface area contributed by atoms with E-state index in [0.29, 0.717) is 16.3 Å². The van der Waals surface area contributed by atoms with E-state index in [2.05, 4.69) is 30.2 Å². The van der Waals surface area contributed by atoms with Crippen molar-refractivity contribution in [3.63, 3.8) is 0 Å². The van der Waals surface area contributed by atoms with Crippen molar-refractivity contribution in [1.29, 1.82) is 0 Å². The van der Waals surface area contributed by atoms with Gasteiger partial charge in [0.15, 0.2) is 0 Å². The number of benzene rings is 1. The minimum absolute atomic E-state index is 0.00103. The van der Waals surface area contributed by atoms with Gasteiger partial charge in [0.25, 0.3) is 5.95 Å². The van der Waals surface area contributed by atoms with Crippen molar-refractivity contribution >= 4 is 44.8 Å². The summed E-state index contributed by atoms with van der Waals surface area (Å²) in [5, 5.41) is 21.6. The van der Waals surface area contributed by atoms with E-state index < -0.39 is 14.9 Å². The standard InChI is InChI=1S/C13H14ClN7O4S/c1-15-12-11(21(22)23)7-16-13(18-12)20-19-9-3-4-10(14)8(5-9)6-17-26(2,24)25/h3-5,7,17H,6H2,1-2H3,(H,15,16,18). The maximum absolute atomic E-state index is 11.2. The molecule has 0 saturated heterocycles. The summed E-state index contributed by atoms with van der Waals surface area (Å²) in [6, 6.07) is 4.67. The number of hydrogen-bond donors (Lipinski definition) is 2. The van der Waals surface area contributed by atoms with Crippen LogP contribution in [0.3, 0.4) is 0 Å². The zero-order chi connectivity index (χ0) is 19.3. The average Bonchev–Trinajstić information content (AvgIpc) is 2.58. The Labute approximate surface area is 153 Å². The molecule has 0 atom stereocenters. The van der Waals surface area contributed by atoms with Gasteiger partial charge in [0.1, 0.15) is 6.20 Å². The lowest BCUT2D eigenvalue weighted by molar-refractivity contribution is -0.384. The number of halogens is 1. The number of rotatable bonds is 7. The van der Waals surface area contributed by atoms with Crippen LogP contribution < -0.4 is 10.0 Å². The normalized spacial score (nSPS) is 11.7. The molecule has 11 nitrogen and oxygen atoms in total. The summed E-state index contributed by atoms with van der Waals surface area (Å²) >= 11 is 6.02. The van der Waals surface area contributed by atoms with Crippen LogP contribution in [-0.4, -0.2) is 36.6 Å². The molecule has 2 N–H and O–H groups in total. The number of nitrogens with zero attached hydrogens (tertiary/aromatic N) is 5. The van der Waals surface area contributed by atoms with Crippen molar-refractivity contribution in [2.24, 2.45) is 10.2 Å². The third-order valence-corrected chi connectivity index (χ3v) is 4.04. The van der Waals surface area contributed by atoms with Gasteiger partial charge in [-0.1, -0.05) is 11.6 Å². The highest BCUT2D eigenvalue weighted by atomic mass is 35.5. The van der Waals surface area contributed by atoms with Gasteiger partial charge in [-0.25, -0.2) is 18.1 Å². The molecule has 0 radical (unpaired) electrons. The highest BCUT2D eigenvalue weighted by Gasteiger charge is 2.15. The summed E-state index contributed by atoms with van der Waals surface area (Å²) in [5.74, 6) is -0.0705. The van der Waals surface area contributed by atoms with Crippen LogP contribution in [-0.2, 0) is 16.6 Å². The number of hydrogen-bond acceptors (Lipinski definition) is 9. The maximum Gasteiger partial charge on any atom is 0.329 e. The van der Waals surface area contributed by atoms with E-state index in [1.807, 2.05) is 0 Å². The van der Waals surface area contributed by atoms with Crippen LogP contribution in [0.4, 0.5) is 23.1 Å². The fourth-order valence-corrected chi connectivity index (χ4v) is 2.40. The van der Waals surface area contributed by atoms with Crippen molar-refractivity contribution < 1.29 is 13.3 Å². The molecular weight excluding hydrogens is 386 g/mol. The Morgan fingerprint density at radius 1 is 1.35 bits per heavy atom. The first-order valence-electron chi connectivity index (χ1n) is 7.03. The Balaban J connectivity index is 2.24. The molecule has 0 aliphatic rings. The first-order chi connectivity index (χ1) is 12.2. The lowest BCUT2D eigenvalue weighted by Gasteiger charge is -2.05. The molecule has 13 heteroatoms. The zero-order valence-electron chi connectivity index (χ0n) is 13.7. The molecule has 26 heavy (non-hydrogen) atoms. The second-order valence-corrected chi connectivity index (χ2v) is 7.22. The monoisotopic (exact) mass is 399 g/mol. The highest BCUT2D eigenvalue weighted by molar-refractivity contribution is 7.88. The average molecular weight is 400 g/mol. The van der Waals surface area contributed by atoms with E-state index in [-0.39, 0.29) is 24.0 Å². The van der Waals surface area contributed by atoms with Crippen molar-refractivity contribution in [3.8, 4) is 0 Å². The first-order valence-corrected chi connectivity index (χ1v) is 9.30. The number of nitro groups is 1. The number of anilines is 1. The fraction of sp³-hybridized carbons (Fsp3) is 0.231. The zero-order valence-corrected chi connectivity index (χ0v) is 15.2. The molecule has 0 saturated carbocycles. The predicted octanol–water partition coefficient (Wildman–Crippen LogP) is 2.54. The smallest absolute Gasteiger partial charge is 0.329 e. The van der Waals surface area contributed by atoms with Crippen LogP contribution in [0, 0.1) is 10.1 Å². The molecule has 138 valence electrons. The van der Waals surface area contributed by atoms with Crippen LogP contribution in [0.25, 0.3) is 0 Å². The molecule has 1 aromatic carbocycles. The minimum atomic E-state index is -3.37. The minimum Gasteiger partial charge on any atom is -0.367 e. The number of sulfonamides is 1. The van der Waals surface area contributed by atoms with Gasteiger partial charge in [0, 0.05) is 18.6 Å². The molecule has 0 unspecified atom stereocenters. The largest absolute Gasteiger partial charge is 0.367 e. The summed E-state index contributed by atoms with van der Waals surface area (Å²) in [6.07, 6.45) is 2.06. The molecule has 0 amide bonds. The molecule has 2 rings (SSSR count). The van der Waals surface area contributed by atoms with Crippen molar-refractivity contribution in [2.45, 2.75) is 6.54 Å². The van der Waals surface area contributed by atoms with E-state index >= 15 is 0 Å². The second kappa shape index (κ2) is 8.12. The van der Waals surface area contributed by atoms with Gasteiger partial charge < -0.3 is 5.32 Å². The molecule has 2 aromatic rings. The molecule has 1 aromatic heterocycles. The maximum atomic E-state index is 11.2. The molecule has 0 aliphatic heterocycles. The summed E-state index contributed by atoms with van der Waals surface area (Å²) < 4.78 is 24.7. The Hall–Kier alpha value is -2.70. The van der Waals surface area contributed by atoms with Gasteiger partial charge in [-0.15, -0.1) is 10.2 Å². The Bertz CT molecular complexity index is 965. The molecule has 0 fully saturated rings. The molecular formula is C13H14ClN7O4S. The fourth-order valence-electron chi connectivity index (χ4n) is 1.80. The van der Waals surface area contributed by atoms with Gasteiger partial charge in [-0.05, 0) is 23.8 Å². The topological polar surface area (TPSA) is 152 Å². The van der Waals surface area contributed by atoms with Gasteiger partial charge in [-0.2, -0.15) is 4.98 Å². The van der Waals surface area contributed by atoms with Gasteiger partial charge in [-0.3, -0.25) is 10.1 Å². The van der Waals surface area contributed by atoms with Crippen LogP contribution in [0.2, 0.25) is 5.02 Å². The molecule has 0 bridgehead atoms. The number of aromatic nitrogens is 2. The van der Waals surface area contributed by atoms with Gasteiger partial charge in [0.2, 0.25) is 15.8 Å². The number of azo groups is 1. The summed E-state index contributed by atoms with van der Waals surface area (Å²) in [7, 11) is -1.89. The van der Waals surface area contributed by atoms with E-state index in [9.17, 15) is 18.5 Å². The highest BCUT2D eigenvalue weighted by Crippen LogP contribution is 2.25. The van der Waals surface area contributed by atoms with Crippen LogP contribution in [0.5, 0.6) is 0 Å². The number of nitrogens with one attached hydrogen (secondary N) is 2. The van der Waals surface area contributed by atoms with Gasteiger partial charge >= 0.3 is 5.69 Å². The molecule has 0 aliphatic carbocycles. The Morgan fingerprint density at radius 3 is 2.69 bits per heavy atom. The second-order valence-electron chi connectivity index (χ2n) is 4.98. The first kappa shape index (κ1) is 19.6. The predicted molar refractivity (Wildman–Crippen MR) is 95.5 cm³/mol. The van der Waals surface area contributed by atoms with Crippen LogP contribution in [0.1, 0.15) is 5.56 Å². The summed E-state index contributed by atoms with van der Waals surface area (Å²) in [5.41, 5.74) is 0.605. The van der Waals surface area contributed by atoms with Crippen LogP contribution in [0.15, 0.2) is 34.6 Å². The van der Waals surface area contributed by atoms with Crippen molar-refractivity contribution in [3.05, 3.63) is 45.1 Å². The van der Waals surface area contributed by atoms with Gasteiger partial charge in [0.05, 0.1) is 16.9 Å². The van der Waals surface area contributed by atoms with Crippen molar-refractivity contribution in [2.75, 3.05) is 18.6 Å². The third kappa shape index (κ3) is 5.40. The van der Waals surface area contributed by atoms with Crippen molar-refractivity contribution in [1.82, 2.24) is 14.7 Å². The van der Waals surface area contributed by atoms with E-state index in [0.717, 1.165) is 12.5 Å². The molecule has 1 heterocycles. The summed E-state index contributed by atoms with van der Waals surface area (Å²) in [6.45, 7) is -0.00103. The van der Waals surface area contributed by atoms with Crippen LogP contribution >= 0.6 is 11.6 Å². The Morgan fingerprint density at radius 2 is 2.08 bits per heavy atom. The summed E-state index contributed by atoms with van der Waals surface area (Å²) in [4.78, 5) is 17.9. The van der Waals surface area contributed by atoms with E-state index in [1.54, 1.807) is 18.2 Å². The molecule has 0 spiro atoms. The lowest BCUT2D eigenvalue weighted by Crippen LogP contribution is -2.21. The quantitative estimate of drug-likeness (QED) is 0.412. The Kier molecular flexibility index (Phi) is 6.13. The SMILES string of the molecule is CNc1nc(N=Nc2ccc(Cl)c(CNS(C)(=O)=O)c2)ncc1[N+](=O)[O-]. The lowest BCUT2D eigenvalue weighted by atomic mass is 10.2. The third-order valence-electron chi connectivity index (χ3n) is 3.00.